The van der Waals surface area contributed by atoms with E-state index < -0.39 is 35.1 Å². The maximum Gasteiger partial charge on any atom is 0.253 e. The first kappa shape index (κ1) is 20.4. The molecule has 1 amide bonds. The number of anilines is 1. The summed E-state index contributed by atoms with van der Waals surface area (Å²) in [6.45, 7) is 0.363. The predicted molar refractivity (Wildman–Crippen MR) is 91.9 cm³/mol. The third-order valence-electron chi connectivity index (χ3n) is 3.58. The molecule has 1 aromatic heterocycles. The van der Waals surface area contributed by atoms with Crippen molar-refractivity contribution < 1.29 is 22.4 Å². The van der Waals surface area contributed by atoms with Crippen molar-refractivity contribution in [2.45, 2.75) is 6.04 Å². The minimum atomic E-state index is -1.79. The zero-order valence-electron chi connectivity index (χ0n) is 14.5. The molecule has 142 valence electrons. The third-order valence-corrected chi connectivity index (χ3v) is 3.58. The molecule has 0 fully saturated rings. The van der Waals surface area contributed by atoms with Crippen LogP contribution in [-0.2, 0) is 4.79 Å². The summed E-state index contributed by atoms with van der Waals surface area (Å²) in [5.41, 5.74) is -0.590. The Bertz CT molecular complexity index is 882. The van der Waals surface area contributed by atoms with Gasteiger partial charge in [-0.25, -0.2) is 8.78 Å². The summed E-state index contributed by atoms with van der Waals surface area (Å²) >= 11 is 0. The number of hydrogen-bond acceptors (Lipinski definition) is 4. The second-order valence-electron chi connectivity index (χ2n) is 5.38. The topological polar surface area (TPSA) is 66.0 Å². The van der Waals surface area contributed by atoms with Gasteiger partial charge in [-0.2, -0.15) is 13.8 Å². The van der Waals surface area contributed by atoms with Gasteiger partial charge in [-0.05, 0) is 26.2 Å². The Hall–Kier alpha value is -2.96. The number of para-hydroxylation sites is 1. The number of rotatable bonds is 5. The number of halogens is 4. The number of nitrogens with zero attached hydrogens (tertiary/aromatic N) is 1. The molecule has 0 spiro atoms. The van der Waals surface area contributed by atoms with E-state index in [1.165, 1.54) is 12.1 Å². The fraction of sp³-hybridized carbons (Fsp3) is 0.222. The fourth-order valence-electron chi connectivity index (χ4n) is 2.18. The standard InChI is InChI=1S/C18H16F4N4O/c1-23-9-13(24-2)18(27)25-12-6-4-3-5-10(12)7-8-11-14(19)16(21)26-17(22)15(11)20/h3-6,13,23-24H,9H2,1-2H3,(H,25,27). The second kappa shape index (κ2) is 9.12. The molecule has 0 radical (unpaired) electrons. The van der Waals surface area contributed by atoms with Gasteiger partial charge in [0.05, 0.1) is 11.7 Å². The maximum absolute atomic E-state index is 13.7. The Morgan fingerprint density at radius 3 is 2.30 bits per heavy atom. The summed E-state index contributed by atoms with van der Waals surface area (Å²) in [5, 5.41) is 8.33. The van der Waals surface area contributed by atoms with Crippen LogP contribution in [0, 0.1) is 35.4 Å². The number of nitrogens with one attached hydrogen (secondary N) is 3. The van der Waals surface area contributed by atoms with Crippen LogP contribution >= 0.6 is 0 Å². The first-order valence-electron chi connectivity index (χ1n) is 7.82. The van der Waals surface area contributed by atoms with Gasteiger partial charge in [0.15, 0.2) is 11.6 Å². The van der Waals surface area contributed by atoms with Gasteiger partial charge in [-0.1, -0.05) is 24.0 Å². The molecule has 27 heavy (non-hydrogen) atoms. The first-order valence-corrected chi connectivity index (χ1v) is 7.82. The number of amides is 1. The van der Waals surface area contributed by atoms with Crippen LogP contribution in [0.3, 0.4) is 0 Å². The van der Waals surface area contributed by atoms with E-state index in [9.17, 15) is 22.4 Å². The summed E-state index contributed by atoms with van der Waals surface area (Å²) in [7, 11) is 3.30. The lowest BCUT2D eigenvalue weighted by Gasteiger charge is -2.16. The molecule has 0 aliphatic rings. The van der Waals surface area contributed by atoms with E-state index in [2.05, 4.69) is 32.8 Å². The van der Waals surface area contributed by atoms with Crippen LogP contribution < -0.4 is 16.0 Å². The molecule has 0 aliphatic heterocycles. The van der Waals surface area contributed by atoms with E-state index in [1.54, 1.807) is 26.2 Å². The van der Waals surface area contributed by atoms with E-state index in [-0.39, 0.29) is 17.2 Å². The highest BCUT2D eigenvalue weighted by atomic mass is 19.2. The Morgan fingerprint density at radius 2 is 1.70 bits per heavy atom. The lowest BCUT2D eigenvalue weighted by molar-refractivity contribution is -0.117. The summed E-state index contributed by atoms with van der Waals surface area (Å²) in [6.07, 6.45) is 0. The van der Waals surface area contributed by atoms with Crippen molar-refractivity contribution in [3.05, 3.63) is 58.9 Å². The van der Waals surface area contributed by atoms with E-state index in [0.29, 0.717) is 6.54 Å². The summed E-state index contributed by atoms with van der Waals surface area (Å²) < 4.78 is 53.7. The zero-order valence-corrected chi connectivity index (χ0v) is 14.5. The Morgan fingerprint density at radius 1 is 1.07 bits per heavy atom. The largest absolute Gasteiger partial charge is 0.324 e. The SMILES string of the molecule is CNCC(NC)C(=O)Nc1ccccc1C#Cc1c(F)c(F)nc(F)c1F. The lowest BCUT2D eigenvalue weighted by atomic mass is 10.1. The van der Waals surface area contributed by atoms with Crippen molar-refractivity contribution in [3.8, 4) is 11.8 Å². The summed E-state index contributed by atoms with van der Waals surface area (Å²) in [4.78, 5) is 14.7. The third kappa shape index (κ3) is 4.81. The van der Waals surface area contributed by atoms with E-state index in [4.69, 9.17) is 0 Å². The van der Waals surface area contributed by atoms with E-state index in [1.807, 2.05) is 0 Å². The molecule has 2 rings (SSSR count). The van der Waals surface area contributed by atoms with Gasteiger partial charge in [-0.3, -0.25) is 4.79 Å². The first-order chi connectivity index (χ1) is 12.9. The van der Waals surface area contributed by atoms with Crippen LogP contribution in [-0.4, -0.2) is 37.6 Å². The minimum Gasteiger partial charge on any atom is -0.324 e. The smallest absolute Gasteiger partial charge is 0.253 e. The second-order valence-corrected chi connectivity index (χ2v) is 5.38. The van der Waals surface area contributed by atoms with Crippen molar-refractivity contribution in [2.75, 3.05) is 26.0 Å². The maximum atomic E-state index is 13.7. The lowest BCUT2D eigenvalue weighted by Crippen LogP contribution is -2.44. The average molecular weight is 380 g/mol. The van der Waals surface area contributed by atoms with Gasteiger partial charge in [0, 0.05) is 12.1 Å². The van der Waals surface area contributed by atoms with Crippen LogP contribution in [0.1, 0.15) is 11.1 Å². The number of carbonyl (C=O) groups excluding carboxylic acids is 1. The van der Waals surface area contributed by atoms with Gasteiger partial charge < -0.3 is 16.0 Å². The number of pyridine rings is 1. The summed E-state index contributed by atoms with van der Waals surface area (Å²) in [5.74, 6) is -2.83. The molecule has 1 unspecified atom stereocenters. The number of hydrogen-bond donors (Lipinski definition) is 3. The van der Waals surface area contributed by atoms with Crippen LogP contribution in [0.4, 0.5) is 23.2 Å². The molecule has 5 nitrogen and oxygen atoms in total. The van der Waals surface area contributed by atoms with Crippen molar-refractivity contribution in [2.24, 2.45) is 0 Å². The molecule has 0 aliphatic carbocycles. The monoisotopic (exact) mass is 380 g/mol. The van der Waals surface area contributed by atoms with Gasteiger partial charge in [0.2, 0.25) is 5.91 Å². The molecular weight excluding hydrogens is 364 g/mol. The quantitative estimate of drug-likeness (QED) is 0.420. The number of likely N-dealkylation sites (N-methyl/N-ethyl adjacent to an activating group) is 2. The normalized spacial score (nSPS) is 11.5. The molecule has 1 atom stereocenters. The van der Waals surface area contributed by atoms with Crippen molar-refractivity contribution in [1.29, 1.82) is 0 Å². The van der Waals surface area contributed by atoms with E-state index in [0.717, 1.165) is 0 Å². The zero-order chi connectivity index (χ0) is 20.0. The minimum absolute atomic E-state index is 0.210. The van der Waals surface area contributed by atoms with Gasteiger partial charge in [-0.15, -0.1) is 0 Å². The Kier molecular flexibility index (Phi) is 6.87. The average Bonchev–Trinajstić information content (AvgIpc) is 2.65. The number of aromatic nitrogens is 1. The fourth-order valence-corrected chi connectivity index (χ4v) is 2.18. The predicted octanol–water partition coefficient (Wildman–Crippen LogP) is 1.78. The van der Waals surface area contributed by atoms with Gasteiger partial charge >= 0.3 is 0 Å². The van der Waals surface area contributed by atoms with Crippen LogP contribution in [0.5, 0.6) is 0 Å². The molecule has 0 saturated heterocycles. The van der Waals surface area contributed by atoms with Crippen molar-refractivity contribution >= 4 is 11.6 Å². The van der Waals surface area contributed by atoms with Crippen LogP contribution in [0.2, 0.25) is 0 Å². The molecule has 3 N–H and O–H groups in total. The molecule has 0 saturated carbocycles. The van der Waals surface area contributed by atoms with Crippen molar-refractivity contribution in [1.82, 2.24) is 15.6 Å². The Labute approximate surface area is 153 Å². The van der Waals surface area contributed by atoms with E-state index >= 15 is 0 Å². The highest BCUT2D eigenvalue weighted by Gasteiger charge is 2.19. The number of benzene rings is 1. The summed E-state index contributed by atoms with van der Waals surface area (Å²) in [6, 6.07) is 5.70. The van der Waals surface area contributed by atoms with Crippen molar-refractivity contribution in [3.63, 3.8) is 0 Å². The number of carbonyl (C=O) groups is 1. The van der Waals surface area contributed by atoms with Crippen LogP contribution in [0.15, 0.2) is 24.3 Å². The Balaban J connectivity index is 2.36. The molecule has 1 heterocycles. The molecule has 0 bridgehead atoms. The molecule has 1 aromatic carbocycles. The van der Waals surface area contributed by atoms with Gasteiger partial charge in [0.1, 0.15) is 5.56 Å². The molecule has 2 aromatic rings. The molecular formula is C18H16F4N4O. The highest BCUT2D eigenvalue weighted by molar-refractivity contribution is 5.96. The van der Waals surface area contributed by atoms with Crippen LogP contribution in [0.25, 0.3) is 0 Å². The van der Waals surface area contributed by atoms with Gasteiger partial charge in [0.25, 0.3) is 11.9 Å². The highest BCUT2D eigenvalue weighted by Crippen LogP contribution is 2.17. The molecule has 9 heteroatoms.